The monoisotopic (exact) mass is 182 g/mol. The zero-order valence-corrected chi connectivity index (χ0v) is 6.71. The Morgan fingerprint density at radius 3 is 2.73 bits per heavy atom. The molecule has 0 saturated carbocycles. The number of aromatic nitrogens is 1. The fourth-order valence-electron chi connectivity index (χ4n) is 0.851. The van der Waals surface area contributed by atoms with E-state index in [0.29, 0.717) is 0 Å². The fourth-order valence-corrected chi connectivity index (χ4v) is 1.92. The minimum absolute atomic E-state index is 0. The number of hydrogen-bond acceptors (Lipinski definition) is 3. The Morgan fingerprint density at radius 2 is 2.00 bits per heavy atom. The quantitative estimate of drug-likeness (QED) is 0.581. The zero-order chi connectivity index (χ0) is 6.97. The molecule has 0 radical (unpaired) electrons. The highest BCUT2D eigenvalue weighted by atomic mass is 32.2. The number of rotatable bonds is 0. The van der Waals surface area contributed by atoms with Crippen LogP contribution in [0.3, 0.4) is 0 Å². The highest BCUT2D eigenvalue weighted by Gasteiger charge is 1.87. The first-order chi connectivity index (χ1) is 4.86. The van der Waals surface area contributed by atoms with Gasteiger partial charge in [-0.15, -0.1) is 0 Å². The van der Waals surface area contributed by atoms with Crippen LogP contribution in [0.1, 0.15) is 7.43 Å². The van der Waals surface area contributed by atoms with Crippen molar-refractivity contribution in [2.24, 2.45) is 0 Å². The second kappa shape index (κ2) is 3.15. The van der Waals surface area contributed by atoms with Gasteiger partial charge < -0.3 is 24.0 Å². The number of fused-ring (bicyclic) bond motifs is 1. The molecule has 58 valence electrons. The van der Waals surface area contributed by atoms with E-state index in [2.05, 4.69) is 4.98 Å². The second-order valence-corrected chi connectivity index (χ2v) is 3.62. The average Bonchev–Trinajstić information content (AvgIpc) is 2.27. The summed E-state index contributed by atoms with van der Waals surface area (Å²) in [4.78, 5) is 4.15. The van der Waals surface area contributed by atoms with E-state index in [9.17, 15) is 0 Å². The normalized spacial score (nSPS) is 9.45. The van der Waals surface area contributed by atoms with Gasteiger partial charge in [0, 0.05) is 0 Å². The van der Waals surface area contributed by atoms with Crippen LogP contribution < -0.4 is 0 Å². The summed E-state index contributed by atoms with van der Waals surface area (Å²) in [6, 6.07) is 7.97. The van der Waals surface area contributed by atoms with Crippen molar-refractivity contribution < 1.29 is 0 Å². The molecule has 0 amide bonds. The first-order valence-electron chi connectivity index (χ1n) is 2.89. The lowest BCUT2D eigenvalue weighted by Gasteiger charge is -1.85. The minimum Gasteiger partial charge on any atom is -0.408 e. The van der Waals surface area contributed by atoms with Gasteiger partial charge in [0.05, 0.1) is 5.52 Å². The molecule has 0 unspecified atom stereocenters. The van der Waals surface area contributed by atoms with Gasteiger partial charge in [-0.1, -0.05) is 25.6 Å². The first-order valence-corrected chi connectivity index (χ1v) is 4.11. The predicted octanol–water partition coefficient (Wildman–Crippen LogP) is 2.84. The van der Waals surface area contributed by atoms with E-state index in [4.69, 9.17) is 12.6 Å². The molecule has 0 fully saturated rings. The average molecular weight is 182 g/mol. The third-order valence-electron chi connectivity index (χ3n) is 1.27. The molecule has 0 aliphatic carbocycles. The summed E-state index contributed by atoms with van der Waals surface area (Å²) in [6.45, 7) is 0. The Bertz CT molecular complexity index is 321. The number of nitrogens with zero attached hydrogens (tertiary/aromatic N) is 1. The molecule has 0 spiro atoms. The highest BCUT2D eigenvalue weighted by Crippen LogP contribution is 2.20. The van der Waals surface area contributed by atoms with Crippen LogP contribution in [-0.2, 0) is 12.6 Å². The molecule has 3 heteroatoms. The van der Waals surface area contributed by atoms with E-state index in [1.54, 1.807) is 11.3 Å². The Hall–Kier alpha value is -0.670. The van der Waals surface area contributed by atoms with Crippen LogP contribution >= 0.6 is 11.3 Å². The maximum Gasteiger partial charge on any atom is 0.0600 e. The van der Waals surface area contributed by atoms with E-state index in [-0.39, 0.29) is 7.43 Å². The molecule has 0 bridgehead atoms. The van der Waals surface area contributed by atoms with E-state index in [1.807, 2.05) is 24.3 Å². The van der Waals surface area contributed by atoms with Crippen molar-refractivity contribution in [3.05, 3.63) is 24.3 Å². The van der Waals surface area contributed by atoms with E-state index < -0.39 is 0 Å². The van der Waals surface area contributed by atoms with Gasteiger partial charge in [-0.2, -0.15) is 0 Å². The van der Waals surface area contributed by atoms with Crippen LogP contribution in [0, 0.1) is 0 Å². The van der Waals surface area contributed by atoms with Crippen LogP contribution in [0.15, 0.2) is 28.6 Å². The van der Waals surface area contributed by atoms with Crippen LogP contribution in [0.2, 0.25) is 0 Å². The molecule has 2 aromatic rings. The molecule has 0 atom stereocenters. The molecular weight excluding hydrogens is 174 g/mol. The smallest absolute Gasteiger partial charge is 0.0600 e. The van der Waals surface area contributed by atoms with E-state index in [0.717, 1.165) is 9.86 Å². The number of benzene rings is 1. The van der Waals surface area contributed by atoms with E-state index in [1.165, 1.54) is 4.70 Å². The van der Waals surface area contributed by atoms with Gasteiger partial charge in [0.15, 0.2) is 0 Å². The van der Waals surface area contributed by atoms with Crippen molar-refractivity contribution in [3.63, 3.8) is 0 Å². The standard InChI is InChI=1S/C7H5NS2.CH4/c9-7-8-5-3-1-2-4-6(5)10-7;/h1-4H,(H,8,9);1H4/p-1. The van der Waals surface area contributed by atoms with Gasteiger partial charge in [-0.05, 0) is 15.1 Å². The Labute approximate surface area is 75.5 Å². The fraction of sp³-hybridized carbons (Fsp3) is 0.125. The molecule has 0 aliphatic rings. The van der Waals surface area contributed by atoms with Crippen molar-refractivity contribution in [3.8, 4) is 0 Å². The van der Waals surface area contributed by atoms with Gasteiger partial charge in [0.1, 0.15) is 0 Å². The third kappa shape index (κ3) is 1.49. The van der Waals surface area contributed by atoms with Crippen molar-refractivity contribution in [2.75, 3.05) is 0 Å². The maximum atomic E-state index is 4.92. The summed E-state index contributed by atoms with van der Waals surface area (Å²) in [7, 11) is 0. The Morgan fingerprint density at radius 1 is 1.27 bits per heavy atom. The summed E-state index contributed by atoms with van der Waals surface area (Å²) >= 11 is 6.48. The first kappa shape index (κ1) is 8.43. The van der Waals surface area contributed by atoms with Gasteiger partial charge in [0.2, 0.25) is 0 Å². The lowest BCUT2D eigenvalue weighted by molar-refractivity contribution is 1.31. The minimum atomic E-state index is 0. The van der Waals surface area contributed by atoms with Crippen LogP contribution in [0.25, 0.3) is 10.2 Å². The maximum absolute atomic E-state index is 4.92. The van der Waals surface area contributed by atoms with Crippen LogP contribution in [0.5, 0.6) is 0 Å². The van der Waals surface area contributed by atoms with Gasteiger partial charge in [0.25, 0.3) is 0 Å². The Kier molecular flexibility index (Phi) is 2.42. The van der Waals surface area contributed by atoms with Gasteiger partial charge >= 0.3 is 0 Å². The third-order valence-corrected chi connectivity index (χ3v) is 2.45. The zero-order valence-electron chi connectivity index (χ0n) is 5.07. The highest BCUT2D eigenvalue weighted by molar-refractivity contribution is 7.63. The van der Waals surface area contributed by atoms with E-state index >= 15 is 0 Å². The van der Waals surface area contributed by atoms with Crippen LogP contribution in [0.4, 0.5) is 0 Å². The van der Waals surface area contributed by atoms with Crippen molar-refractivity contribution in [1.82, 2.24) is 4.98 Å². The summed E-state index contributed by atoms with van der Waals surface area (Å²) in [5, 5.41) is 0. The molecule has 0 saturated heterocycles. The van der Waals surface area contributed by atoms with Gasteiger partial charge in [-0.3, -0.25) is 4.98 Å². The number of para-hydroxylation sites is 1. The van der Waals surface area contributed by atoms with Crippen LogP contribution in [-0.4, -0.2) is 4.98 Å². The lowest BCUT2D eigenvalue weighted by atomic mass is 10.3. The molecule has 1 heterocycles. The largest absolute Gasteiger partial charge is 0.408 e. The number of hydrogen-bond donors (Lipinski definition) is 0. The molecule has 0 N–H and O–H groups in total. The number of thiazole rings is 1. The molecule has 11 heavy (non-hydrogen) atoms. The van der Waals surface area contributed by atoms with Crippen molar-refractivity contribution in [1.29, 1.82) is 0 Å². The summed E-state index contributed by atoms with van der Waals surface area (Å²) < 4.78 is 1.90. The second-order valence-electron chi connectivity index (χ2n) is 1.95. The topological polar surface area (TPSA) is 12.9 Å². The summed E-state index contributed by atoms with van der Waals surface area (Å²) in [6.07, 6.45) is 0. The molecule has 1 aromatic heterocycles. The molecule has 2 rings (SSSR count). The molecular formula is C8H8NS2-. The van der Waals surface area contributed by atoms with Crippen molar-refractivity contribution >= 4 is 34.2 Å². The Balaban J connectivity index is 0.000000605. The van der Waals surface area contributed by atoms with Gasteiger partial charge in [-0.25, -0.2) is 0 Å². The predicted molar refractivity (Wildman–Crippen MR) is 52.0 cm³/mol. The summed E-state index contributed by atoms with van der Waals surface area (Å²) in [5.41, 5.74) is 1.01. The molecule has 1 nitrogen and oxygen atoms in total. The lowest BCUT2D eigenvalue weighted by Crippen LogP contribution is -1.64. The molecule has 0 aliphatic heterocycles. The summed E-state index contributed by atoms with van der Waals surface area (Å²) in [5.74, 6) is 0. The van der Waals surface area contributed by atoms with Crippen molar-refractivity contribution in [2.45, 2.75) is 11.8 Å². The molecule has 1 aromatic carbocycles. The SMILES string of the molecule is C.[S-]c1nc2ccccc2s1.